The fraction of sp³-hybridized carbons (Fsp3) is 1.00. The molecule has 2 fully saturated rings. The minimum Gasteiger partial charge on any atom is -0.378 e. The van der Waals surface area contributed by atoms with Crippen LogP contribution in [0.5, 0.6) is 0 Å². The van der Waals surface area contributed by atoms with E-state index in [9.17, 15) is 0 Å². The molecule has 3 nitrogen and oxygen atoms in total. The van der Waals surface area contributed by atoms with Crippen LogP contribution in [0.3, 0.4) is 0 Å². The van der Waals surface area contributed by atoms with Crippen molar-refractivity contribution in [3.63, 3.8) is 0 Å². The Kier molecular flexibility index (Phi) is 3.88. The molecule has 2 atom stereocenters. The molecule has 2 unspecified atom stereocenters. The van der Waals surface area contributed by atoms with E-state index in [1.54, 1.807) is 0 Å². The van der Waals surface area contributed by atoms with Gasteiger partial charge in [0.1, 0.15) is 0 Å². The lowest BCUT2D eigenvalue weighted by atomic mass is 9.85. The molecule has 2 N–H and O–H groups in total. The van der Waals surface area contributed by atoms with Crippen molar-refractivity contribution in [1.29, 1.82) is 0 Å². The summed E-state index contributed by atoms with van der Waals surface area (Å²) in [5, 5.41) is 0. The number of rotatable bonds is 5. The molecule has 0 radical (unpaired) electrons. The van der Waals surface area contributed by atoms with Crippen LogP contribution in [0.2, 0.25) is 0 Å². The number of ether oxygens (including phenoxy) is 1. The second kappa shape index (κ2) is 5.03. The minimum absolute atomic E-state index is 0.268. The predicted molar refractivity (Wildman–Crippen MR) is 66.4 cm³/mol. The van der Waals surface area contributed by atoms with Crippen LogP contribution in [0.25, 0.3) is 0 Å². The van der Waals surface area contributed by atoms with E-state index in [0.29, 0.717) is 6.04 Å². The minimum atomic E-state index is 0.268. The number of nitrogens with two attached hydrogens (primary N) is 1. The molecule has 94 valence electrons. The zero-order chi connectivity index (χ0) is 11.6. The molecule has 16 heavy (non-hydrogen) atoms. The van der Waals surface area contributed by atoms with Crippen LogP contribution in [-0.2, 0) is 4.74 Å². The maximum absolute atomic E-state index is 6.12. The van der Waals surface area contributed by atoms with Crippen molar-refractivity contribution in [2.75, 3.05) is 26.3 Å². The highest BCUT2D eigenvalue weighted by Gasteiger charge is 2.49. The first kappa shape index (κ1) is 12.3. The van der Waals surface area contributed by atoms with Gasteiger partial charge in [-0.1, -0.05) is 13.8 Å². The van der Waals surface area contributed by atoms with Crippen molar-refractivity contribution in [2.24, 2.45) is 11.7 Å². The second-order valence-corrected chi connectivity index (χ2v) is 5.27. The second-order valence-electron chi connectivity index (χ2n) is 5.27. The fourth-order valence-electron chi connectivity index (χ4n) is 3.35. The van der Waals surface area contributed by atoms with Gasteiger partial charge in [0.2, 0.25) is 0 Å². The monoisotopic (exact) mass is 226 g/mol. The van der Waals surface area contributed by atoms with E-state index in [1.807, 2.05) is 0 Å². The molecule has 1 aliphatic carbocycles. The molecule has 1 aliphatic heterocycles. The maximum atomic E-state index is 6.12. The van der Waals surface area contributed by atoms with Crippen LogP contribution in [0.4, 0.5) is 0 Å². The Bertz CT molecular complexity index is 224. The van der Waals surface area contributed by atoms with Gasteiger partial charge in [0.25, 0.3) is 0 Å². The van der Waals surface area contributed by atoms with Crippen LogP contribution in [0.1, 0.15) is 39.5 Å². The molecule has 0 aromatic carbocycles. The summed E-state index contributed by atoms with van der Waals surface area (Å²) in [7, 11) is 0. The average molecular weight is 226 g/mol. The van der Waals surface area contributed by atoms with E-state index in [-0.39, 0.29) is 5.54 Å². The Labute approximate surface area is 99.3 Å². The third kappa shape index (κ3) is 2.01. The SMILES string of the molecule is CCC1COCCN1C(CC)(CN)C1CC1. The van der Waals surface area contributed by atoms with Gasteiger partial charge >= 0.3 is 0 Å². The van der Waals surface area contributed by atoms with Crippen molar-refractivity contribution in [2.45, 2.75) is 51.1 Å². The Hall–Kier alpha value is -0.120. The van der Waals surface area contributed by atoms with Crippen LogP contribution in [0.15, 0.2) is 0 Å². The molecule has 1 saturated heterocycles. The summed E-state index contributed by atoms with van der Waals surface area (Å²) in [5.41, 5.74) is 6.39. The van der Waals surface area contributed by atoms with Crippen LogP contribution >= 0.6 is 0 Å². The van der Waals surface area contributed by atoms with Gasteiger partial charge in [-0.05, 0) is 31.6 Å². The topological polar surface area (TPSA) is 38.5 Å². The molecular formula is C13H26N2O. The highest BCUT2D eigenvalue weighted by atomic mass is 16.5. The lowest BCUT2D eigenvalue weighted by Gasteiger charge is -2.49. The van der Waals surface area contributed by atoms with Gasteiger partial charge in [0, 0.05) is 24.7 Å². The average Bonchev–Trinajstić information content (AvgIpc) is 3.17. The molecule has 0 bridgehead atoms. The number of hydrogen-bond donors (Lipinski definition) is 1. The molecular weight excluding hydrogens is 200 g/mol. The maximum Gasteiger partial charge on any atom is 0.0622 e. The van der Waals surface area contributed by atoms with E-state index < -0.39 is 0 Å². The first-order valence-electron chi connectivity index (χ1n) is 6.83. The molecule has 0 spiro atoms. The van der Waals surface area contributed by atoms with E-state index in [0.717, 1.165) is 32.2 Å². The number of hydrogen-bond acceptors (Lipinski definition) is 3. The largest absolute Gasteiger partial charge is 0.378 e. The van der Waals surface area contributed by atoms with Gasteiger partial charge in [-0.25, -0.2) is 0 Å². The van der Waals surface area contributed by atoms with Gasteiger partial charge < -0.3 is 10.5 Å². The zero-order valence-corrected chi connectivity index (χ0v) is 10.7. The molecule has 2 rings (SSSR count). The molecule has 0 aromatic rings. The van der Waals surface area contributed by atoms with Crippen LogP contribution in [-0.4, -0.2) is 42.8 Å². The summed E-state index contributed by atoms with van der Waals surface area (Å²) in [6.45, 7) is 8.21. The molecule has 2 aliphatic rings. The first-order valence-corrected chi connectivity index (χ1v) is 6.83. The first-order chi connectivity index (χ1) is 7.78. The Morgan fingerprint density at radius 1 is 1.38 bits per heavy atom. The molecule has 0 aromatic heterocycles. The van der Waals surface area contributed by atoms with Crippen molar-refractivity contribution in [3.05, 3.63) is 0 Å². The molecule has 3 heteroatoms. The van der Waals surface area contributed by atoms with E-state index in [4.69, 9.17) is 10.5 Å². The van der Waals surface area contributed by atoms with Crippen molar-refractivity contribution >= 4 is 0 Å². The molecule has 0 amide bonds. The van der Waals surface area contributed by atoms with E-state index in [2.05, 4.69) is 18.7 Å². The third-order valence-corrected chi connectivity index (χ3v) is 4.57. The smallest absolute Gasteiger partial charge is 0.0622 e. The highest BCUT2D eigenvalue weighted by Crippen LogP contribution is 2.46. The summed E-state index contributed by atoms with van der Waals surface area (Å²) < 4.78 is 5.61. The summed E-state index contributed by atoms with van der Waals surface area (Å²) >= 11 is 0. The number of morpholine rings is 1. The van der Waals surface area contributed by atoms with Crippen molar-refractivity contribution < 1.29 is 4.74 Å². The van der Waals surface area contributed by atoms with Gasteiger partial charge in [0.05, 0.1) is 13.2 Å². The lowest BCUT2D eigenvalue weighted by Crippen LogP contribution is -2.62. The van der Waals surface area contributed by atoms with Crippen LogP contribution < -0.4 is 5.73 Å². The van der Waals surface area contributed by atoms with Gasteiger partial charge in [0.15, 0.2) is 0 Å². The molecule has 1 heterocycles. The summed E-state index contributed by atoms with van der Waals surface area (Å²) in [6, 6.07) is 0.581. The fourth-order valence-corrected chi connectivity index (χ4v) is 3.35. The number of nitrogens with zero attached hydrogens (tertiary/aromatic N) is 1. The van der Waals surface area contributed by atoms with Crippen LogP contribution in [0, 0.1) is 5.92 Å². The van der Waals surface area contributed by atoms with Crippen molar-refractivity contribution in [1.82, 2.24) is 4.90 Å². The molecule has 1 saturated carbocycles. The van der Waals surface area contributed by atoms with E-state index >= 15 is 0 Å². The Morgan fingerprint density at radius 2 is 2.12 bits per heavy atom. The third-order valence-electron chi connectivity index (χ3n) is 4.57. The summed E-state index contributed by atoms with van der Waals surface area (Å²) in [6.07, 6.45) is 5.11. The quantitative estimate of drug-likeness (QED) is 0.774. The Morgan fingerprint density at radius 3 is 2.62 bits per heavy atom. The Balaban J connectivity index is 2.16. The highest BCUT2D eigenvalue weighted by molar-refractivity contribution is 5.04. The predicted octanol–water partition coefficient (Wildman–Crippen LogP) is 1.61. The van der Waals surface area contributed by atoms with Gasteiger partial charge in [-0.2, -0.15) is 0 Å². The lowest BCUT2D eigenvalue weighted by molar-refractivity contribution is -0.0731. The zero-order valence-electron chi connectivity index (χ0n) is 10.7. The van der Waals surface area contributed by atoms with E-state index in [1.165, 1.54) is 25.7 Å². The van der Waals surface area contributed by atoms with Gasteiger partial charge in [-0.15, -0.1) is 0 Å². The van der Waals surface area contributed by atoms with Gasteiger partial charge in [-0.3, -0.25) is 4.90 Å². The standard InChI is InChI=1S/C13H26N2O/c1-3-12-9-16-8-7-15(12)13(4-2,10-14)11-5-6-11/h11-12H,3-10,14H2,1-2H3. The summed E-state index contributed by atoms with van der Waals surface area (Å²) in [5.74, 6) is 0.842. The normalized spacial score (nSPS) is 31.3. The van der Waals surface area contributed by atoms with Crippen molar-refractivity contribution in [3.8, 4) is 0 Å². The summed E-state index contributed by atoms with van der Waals surface area (Å²) in [4.78, 5) is 2.67.